The Bertz CT molecular complexity index is 658. The summed E-state index contributed by atoms with van der Waals surface area (Å²) in [6.07, 6.45) is -0.849. The molecule has 2 rings (SSSR count). The molecule has 5 heteroatoms. The highest BCUT2D eigenvalue weighted by Crippen LogP contribution is 2.42. The SMILES string of the molecule is COc1ccc(C(O)c2cccc(C)c2Br)c(OC)c1Cl. The van der Waals surface area contributed by atoms with Gasteiger partial charge in [0, 0.05) is 10.0 Å². The van der Waals surface area contributed by atoms with E-state index in [9.17, 15) is 5.11 Å². The first-order valence-electron chi connectivity index (χ1n) is 6.34. The molecule has 0 aliphatic carbocycles. The minimum absolute atomic E-state index is 0.348. The van der Waals surface area contributed by atoms with Crippen LogP contribution in [0.4, 0.5) is 0 Å². The van der Waals surface area contributed by atoms with Crippen molar-refractivity contribution in [3.8, 4) is 11.5 Å². The van der Waals surface area contributed by atoms with Gasteiger partial charge in [-0.25, -0.2) is 0 Å². The van der Waals surface area contributed by atoms with Crippen LogP contribution in [0.2, 0.25) is 5.02 Å². The van der Waals surface area contributed by atoms with Gasteiger partial charge in [0.1, 0.15) is 22.6 Å². The molecule has 0 aliphatic rings. The number of rotatable bonds is 4. The molecule has 2 aromatic carbocycles. The first kappa shape index (κ1) is 16.1. The van der Waals surface area contributed by atoms with Crippen molar-refractivity contribution < 1.29 is 14.6 Å². The second-order valence-corrected chi connectivity index (χ2v) is 5.76. The number of aryl methyl sites for hydroxylation is 1. The molecule has 0 saturated heterocycles. The standard InChI is InChI=1S/C16H16BrClO3/c1-9-5-4-6-10(13(9)17)15(19)11-7-8-12(20-2)14(18)16(11)21-3/h4-8,15,19H,1-3H3. The fourth-order valence-corrected chi connectivity index (χ4v) is 2.99. The van der Waals surface area contributed by atoms with E-state index in [-0.39, 0.29) is 0 Å². The number of aliphatic hydroxyl groups excluding tert-OH is 1. The summed E-state index contributed by atoms with van der Waals surface area (Å²) in [5.74, 6) is 0.921. The van der Waals surface area contributed by atoms with Crippen LogP contribution >= 0.6 is 27.5 Å². The predicted octanol–water partition coefficient (Wildman–Crippen LogP) is 4.51. The molecule has 0 heterocycles. The van der Waals surface area contributed by atoms with Crippen molar-refractivity contribution in [2.24, 2.45) is 0 Å². The molecule has 0 fully saturated rings. The van der Waals surface area contributed by atoms with Gasteiger partial charge in [0.25, 0.3) is 0 Å². The van der Waals surface area contributed by atoms with Gasteiger partial charge in [-0.3, -0.25) is 0 Å². The van der Waals surface area contributed by atoms with Crippen LogP contribution in [0, 0.1) is 6.92 Å². The number of hydrogen-bond acceptors (Lipinski definition) is 3. The molecular formula is C16H16BrClO3. The number of ether oxygens (including phenoxy) is 2. The maximum atomic E-state index is 10.7. The topological polar surface area (TPSA) is 38.7 Å². The molecule has 0 aliphatic heterocycles. The van der Waals surface area contributed by atoms with Crippen molar-refractivity contribution in [2.45, 2.75) is 13.0 Å². The smallest absolute Gasteiger partial charge is 0.147 e. The third kappa shape index (κ3) is 3.03. The largest absolute Gasteiger partial charge is 0.495 e. The third-order valence-electron chi connectivity index (χ3n) is 3.33. The van der Waals surface area contributed by atoms with Crippen LogP contribution in [0.3, 0.4) is 0 Å². The first-order valence-corrected chi connectivity index (χ1v) is 7.51. The number of benzene rings is 2. The lowest BCUT2D eigenvalue weighted by molar-refractivity contribution is 0.213. The van der Waals surface area contributed by atoms with Crippen molar-refractivity contribution >= 4 is 27.5 Å². The summed E-state index contributed by atoms with van der Waals surface area (Å²) >= 11 is 9.76. The molecule has 0 aromatic heterocycles. The summed E-state index contributed by atoms with van der Waals surface area (Å²) in [5, 5.41) is 11.0. The Morgan fingerprint density at radius 1 is 1.10 bits per heavy atom. The Morgan fingerprint density at radius 2 is 1.81 bits per heavy atom. The molecule has 0 bridgehead atoms. The second kappa shape index (κ2) is 6.69. The number of hydrogen-bond donors (Lipinski definition) is 1. The summed E-state index contributed by atoms with van der Waals surface area (Å²) in [7, 11) is 3.05. The number of aliphatic hydroxyl groups is 1. The van der Waals surface area contributed by atoms with Crippen LogP contribution in [-0.4, -0.2) is 19.3 Å². The fourth-order valence-electron chi connectivity index (χ4n) is 2.18. The molecule has 0 radical (unpaired) electrons. The lowest BCUT2D eigenvalue weighted by Gasteiger charge is -2.19. The predicted molar refractivity (Wildman–Crippen MR) is 87.5 cm³/mol. The maximum absolute atomic E-state index is 10.7. The average molecular weight is 372 g/mol. The molecule has 0 saturated carbocycles. The molecular weight excluding hydrogens is 356 g/mol. The fraction of sp³-hybridized carbons (Fsp3) is 0.250. The van der Waals surface area contributed by atoms with E-state index in [1.165, 1.54) is 14.2 Å². The molecule has 21 heavy (non-hydrogen) atoms. The van der Waals surface area contributed by atoms with Crippen LogP contribution in [-0.2, 0) is 0 Å². The zero-order valence-electron chi connectivity index (χ0n) is 12.0. The lowest BCUT2D eigenvalue weighted by Crippen LogP contribution is -2.05. The van der Waals surface area contributed by atoms with Gasteiger partial charge < -0.3 is 14.6 Å². The highest BCUT2D eigenvalue weighted by atomic mass is 79.9. The van der Waals surface area contributed by atoms with Crippen LogP contribution in [0.25, 0.3) is 0 Å². The van der Waals surface area contributed by atoms with E-state index in [2.05, 4.69) is 15.9 Å². The van der Waals surface area contributed by atoms with Gasteiger partial charge in [-0.1, -0.05) is 45.7 Å². The van der Waals surface area contributed by atoms with Gasteiger partial charge in [0.05, 0.1) is 14.2 Å². The quantitative estimate of drug-likeness (QED) is 0.859. The summed E-state index contributed by atoms with van der Waals surface area (Å²) in [5.41, 5.74) is 2.40. The zero-order chi connectivity index (χ0) is 15.6. The van der Waals surface area contributed by atoms with E-state index in [0.717, 1.165) is 15.6 Å². The number of halogens is 2. The van der Waals surface area contributed by atoms with Crippen LogP contribution in [0.1, 0.15) is 22.8 Å². The van der Waals surface area contributed by atoms with E-state index in [0.29, 0.717) is 22.1 Å². The summed E-state index contributed by atoms with van der Waals surface area (Å²) in [6, 6.07) is 9.20. The zero-order valence-corrected chi connectivity index (χ0v) is 14.3. The Hall–Kier alpha value is -1.23. The van der Waals surface area contributed by atoms with Gasteiger partial charge in [-0.15, -0.1) is 0 Å². The normalized spacial score (nSPS) is 12.1. The van der Waals surface area contributed by atoms with Crippen molar-refractivity contribution in [3.05, 3.63) is 56.5 Å². The van der Waals surface area contributed by atoms with Crippen molar-refractivity contribution in [1.29, 1.82) is 0 Å². The van der Waals surface area contributed by atoms with Crippen molar-refractivity contribution in [3.63, 3.8) is 0 Å². The summed E-state index contributed by atoms with van der Waals surface area (Å²) < 4.78 is 11.4. The van der Waals surface area contributed by atoms with Gasteiger partial charge >= 0.3 is 0 Å². The highest BCUT2D eigenvalue weighted by molar-refractivity contribution is 9.10. The maximum Gasteiger partial charge on any atom is 0.147 e. The van der Waals surface area contributed by atoms with E-state index < -0.39 is 6.10 Å². The molecule has 1 N–H and O–H groups in total. The molecule has 1 atom stereocenters. The van der Waals surface area contributed by atoms with Crippen LogP contribution in [0.15, 0.2) is 34.8 Å². The Balaban J connectivity index is 2.56. The minimum atomic E-state index is -0.849. The average Bonchev–Trinajstić information content (AvgIpc) is 2.49. The molecule has 2 aromatic rings. The summed E-state index contributed by atoms with van der Waals surface area (Å²) in [4.78, 5) is 0. The van der Waals surface area contributed by atoms with E-state index >= 15 is 0 Å². The molecule has 112 valence electrons. The Labute approximate surface area is 137 Å². The number of methoxy groups -OCH3 is 2. The van der Waals surface area contributed by atoms with Crippen molar-refractivity contribution in [2.75, 3.05) is 14.2 Å². The third-order valence-corrected chi connectivity index (χ3v) is 4.77. The molecule has 3 nitrogen and oxygen atoms in total. The van der Waals surface area contributed by atoms with E-state index in [1.54, 1.807) is 12.1 Å². The minimum Gasteiger partial charge on any atom is -0.495 e. The molecule has 0 amide bonds. The highest BCUT2D eigenvalue weighted by Gasteiger charge is 2.22. The van der Waals surface area contributed by atoms with Gasteiger partial charge in [0.2, 0.25) is 0 Å². The van der Waals surface area contributed by atoms with Crippen molar-refractivity contribution in [1.82, 2.24) is 0 Å². The van der Waals surface area contributed by atoms with Gasteiger partial charge in [-0.05, 0) is 30.2 Å². The Kier molecular flexibility index (Phi) is 5.14. The monoisotopic (exact) mass is 370 g/mol. The molecule has 1 unspecified atom stereocenters. The van der Waals surface area contributed by atoms with E-state index in [1.807, 2.05) is 25.1 Å². The van der Waals surface area contributed by atoms with Crippen LogP contribution in [0.5, 0.6) is 11.5 Å². The Morgan fingerprint density at radius 3 is 2.43 bits per heavy atom. The van der Waals surface area contributed by atoms with Crippen LogP contribution < -0.4 is 9.47 Å². The summed E-state index contributed by atoms with van der Waals surface area (Å²) in [6.45, 7) is 1.97. The van der Waals surface area contributed by atoms with Gasteiger partial charge in [0.15, 0.2) is 0 Å². The second-order valence-electron chi connectivity index (χ2n) is 4.58. The first-order chi connectivity index (χ1) is 10.0. The van der Waals surface area contributed by atoms with Gasteiger partial charge in [-0.2, -0.15) is 0 Å². The van der Waals surface area contributed by atoms with E-state index in [4.69, 9.17) is 21.1 Å². The lowest BCUT2D eigenvalue weighted by atomic mass is 9.99. The molecule has 0 spiro atoms.